The van der Waals surface area contributed by atoms with Crippen LogP contribution in [0.3, 0.4) is 0 Å². The summed E-state index contributed by atoms with van der Waals surface area (Å²) in [5.74, 6) is 0.748. The van der Waals surface area contributed by atoms with Crippen LogP contribution in [0.25, 0.3) is 11.2 Å². The van der Waals surface area contributed by atoms with E-state index >= 15 is 0 Å². The van der Waals surface area contributed by atoms with Gasteiger partial charge in [0, 0.05) is 37.7 Å². The Labute approximate surface area is 189 Å². The lowest BCUT2D eigenvalue weighted by molar-refractivity contribution is 0.251. The van der Waals surface area contributed by atoms with E-state index < -0.39 is 11.2 Å². The Morgan fingerprint density at radius 2 is 1.77 bits per heavy atom. The zero-order chi connectivity index (χ0) is 22.0. The van der Waals surface area contributed by atoms with E-state index in [0.717, 1.165) is 48.7 Å². The van der Waals surface area contributed by atoms with Crippen molar-refractivity contribution >= 4 is 33.0 Å². The number of fused-ring (bicyclic) bond motifs is 1. The summed E-state index contributed by atoms with van der Waals surface area (Å²) in [6.07, 6.45) is 3.73. The lowest BCUT2D eigenvalue weighted by Gasteiger charge is -2.35. The van der Waals surface area contributed by atoms with Crippen LogP contribution >= 0.6 is 15.9 Å². The van der Waals surface area contributed by atoms with E-state index in [1.54, 1.807) is 7.05 Å². The van der Waals surface area contributed by atoms with Gasteiger partial charge in [0.1, 0.15) is 0 Å². The molecular formula is C22H29BrN6O2. The first-order valence-electron chi connectivity index (χ1n) is 10.9. The Kier molecular flexibility index (Phi) is 6.62. The van der Waals surface area contributed by atoms with Crippen molar-refractivity contribution in [1.82, 2.24) is 24.0 Å². The number of hydrogen-bond acceptors (Lipinski definition) is 5. The van der Waals surface area contributed by atoms with Gasteiger partial charge >= 0.3 is 5.69 Å². The second-order valence-corrected chi connectivity index (χ2v) is 9.07. The highest BCUT2D eigenvalue weighted by Crippen LogP contribution is 2.23. The topological polar surface area (TPSA) is 79.2 Å². The molecule has 0 unspecified atom stereocenters. The number of anilines is 1. The van der Waals surface area contributed by atoms with E-state index in [-0.39, 0.29) is 0 Å². The number of H-pyrrole nitrogens is 1. The Morgan fingerprint density at radius 1 is 1.06 bits per heavy atom. The van der Waals surface area contributed by atoms with Crippen LogP contribution in [-0.2, 0) is 13.6 Å². The number of aromatic nitrogens is 4. The molecule has 0 amide bonds. The van der Waals surface area contributed by atoms with Gasteiger partial charge in [-0.1, -0.05) is 47.8 Å². The number of rotatable bonds is 7. The molecule has 1 N–H and O–H groups in total. The molecule has 0 saturated carbocycles. The fourth-order valence-electron chi connectivity index (χ4n) is 4.14. The molecule has 1 aliphatic heterocycles. The highest BCUT2D eigenvalue weighted by atomic mass is 79.9. The minimum atomic E-state index is -0.446. The summed E-state index contributed by atoms with van der Waals surface area (Å²) in [5.41, 5.74) is 1.08. The predicted octanol–water partition coefficient (Wildman–Crippen LogP) is 2.55. The summed E-state index contributed by atoms with van der Waals surface area (Å²) in [5, 5.41) is 0. The third-order valence-corrected chi connectivity index (χ3v) is 6.50. The number of aromatic amines is 1. The van der Waals surface area contributed by atoms with Crippen LogP contribution in [0.2, 0.25) is 0 Å². The first-order valence-corrected chi connectivity index (χ1v) is 11.7. The molecule has 9 heteroatoms. The second-order valence-electron chi connectivity index (χ2n) is 8.15. The zero-order valence-corrected chi connectivity index (χ0v) is 19.7. The van der Waals surface area contributed by atoms with Gasteiger partial charge in [-0.05, 0) is 30.7 Å². The van der Waals surface area contributed by atoms with Crippen LogP contribution in [0, 0.1) is 0 Å². The van der Waals surface area contributed by atoms with Crippen molar-refractivity contribution in [3.8, 4) is 0 Å². The number of unbranched alkanes of at least 4 members (excludes halogenated alkanes) is 2. The molecule has 0 spiro atoms. The smallest absolute Gasteiger partial charge is 0.329 e. The van der Waals surface area contributed by atoms with Crippen molar-refractivity contribution in [2.24, 2.45) is 7.05 Å². The first kappa shape index (κ1) is 21.8. The van der Waals surface area contributed by atoms with Gasteiger partial charge in [0.05, 0.1) is 6.54 Å². The van der Waals surface area contributed by atoms with Crippen molar-refractivity contribution in [1.29, 1.82) is 0 Å². The normalized spacial score (nSPS) is 15.1. The Morgan fingerprint density at radius 3 is 2.45 bits per heavy atom. The third-order valence-electron chi connectivity index (χ3n) is 5.97. The molecule has 0 aliphatic carbocycles. The van der Waals surface area contributed by atoms with Gasteiger partial charge in [0.25, 0.3) is 5.56 Å². The average molecular weight is 489 g/mol. The average Bonchev–Trinajstić information content (AvgIpc) is 3.14. The molecule has 31 heavy (non-hydrogen) atoms. The summed E-state index contributed by atoms with van der Waals surface area (Å²) in [4.78, 5) is 36.8. The van der Waals surface area contributed by atoms with Crippen LogP contribution in [0.1, 0.15) is 31.7 Å². The van der Waals surface area contributed by atoms with Crippen LogP contribution in [0.4, 0.5) is 5.95 Å². The Balaban J connectivity index is 1.68. The maximum absolute atomic E-state index is 12.7. The number of nitrogens with zero attached hydrogens (tertiary/aromatic N) is 5. The Bertz CT molecular complexity index is 1160. The fraction of sp³-hybridized carbons (Fsp3) is 0.500. The lowest BCUT2D eigenvalue weighted by Crippen LogP contribution is -2.47. The van der Waals surface area contributed by atoms with E-state index in [0.29, 0.717) is 17.7 Å². The molecule has 166 valence electrons. The van der Waals surface area contributed by atoms with E-state index in [1.165, 1.54) is 23.8 Å². The number of imidazole rings is 1. The van der Waals surface area contributed by atoms with Crippen LogP contribution < -0.4 is 16.1 Å². The number of hydrogen-bond donors (Lipinski definition) is 1. The highest BCUT2D eigenvalue weighted by Gasteiger charge is 2.24. The van der Waals surface area contributed by atoms with Gasteiger partial charge in [0.2, 0.25) is 5.95 Å². The third kappa shape index (κ3) is 4.62. The maximum atomic E-state index is 12.7. The summed E-state index contributed by atoms with van der Waals surface area (Å²) < 4.78 is 4.37. The molecule has 1 saturated heterocycles. The fourth-order valence-corrected chi connectivity index (χ4v) is 4.41. The monoisotopic (exact) mass is 488 g/mol. The van der Waals surface area contributed by atoms with Gasteiger partial charge in [-0.25, -0.2) is 4.79 Å². The van der Waals surface area contributed by atoms with Crippen molar-refractivity contribution in [3.05, 3.63) is 55.1 Å². The van der Waals surface area contributed by atoms with E-state index in [1.807, 2.05) is 28.8 Å². The summed E-state index contributed by atoms with van der Waals surface area (Å²) in [6.45, 7) is 7.51. The SMILES string of the molecule is CCCCCN1CCN(c2nc3c(c(=O)[nH]c(=O)n3C)n2Cc2ccc(Br)cc2)CC1. The first-order chi connectivity index (χ1) is 15.0. The second kappa shape index (κ2) is 9.40. The molecule has 1 aromatic carbocycles. The molecule has 0 radical (unpaired) electrons. The molecule has 3 aromatic rings. The minimum Gasteiger partial charge on any atom is -0.340 e. The van der Waals surface area contributed by atoms with Crippen molar-refractivity contribution in [3.63, 3.8) is 0 Å². The molecule has 1 aliphatic rings. The van der Waals surface area contributed by atoms with Crippen molar-refractivity contribution in [2.75, 3.05) is 37.6 Å². The molecule has 0 bridgehead atoms. The standard InChI is InChI=1S/C22H29BrN6O2/c1-3-4-5-10-27-11-13-28(14-12-27)21-24-19-18(20(30)25-22(31)26(19)2)29(21)15-16-6-8-17(23)9-7-16/h6-9H,3-5,10-15H2,1-2H3,(H,25,30,31). The van der Waals surface area contributed by atoms with E-state index in [4.69, 9.17) is 4.98 Å². The molecule has 8 nitrogen and oxygen atoms in total. The summed E-state index contributed by atoms with van der Waals surface area (Å²) in [7, 11) is 1.65. The van der Waals surface area contributed by atoms with Crippen molar-refractivity contribution < 1.29 is 0 Å². The number of aryl methyl sites for hydroxylation is 1. The van der Waals surface area contributed by atoms with Gasteiger partial charge in [-0.15, -0.1) is 0 Å². The molecule has 2 aromatic heterocycles. The highest BCUT2D eigenvalue weighted by molar-refractivity contribution is 9.10. The number of piperazine rings is 1. The predicted molar refractivity (Wildman–Crippen MR) is 127 cm³/mol. The number of halogens is 1. The quantitative estimate of drug-likeness (QED) is 0.517. The minimum absolute atomic E-state index is 0.396. The largest absolute Gasteiger partial charge is 0.340 e. The van der Waals surface area contributed by atoms with E-state index in [2.05, 4.69) is 37.6 Å². The molecule has 3 heterocycles. The molecule has 1 fully saturated rings. The molecular weight excluding hydrogens is 460 g/mol. The van der Waals surface area contributed by atoms with Crippen LogP contribution in [-0.4, -0.2) is 56.7 Å². The van der Waals surface area contributed by atoms with Crippen molar-refractivity contribution in [2.45, 2.75) is 32.7 Å². The van der Waals surface area contributed by atoms with E-state index in [9.17, 15) is 9.59 Å². The molecule has 4 rings (SSSR count). The maximum Gasteiger partial charge on any atom is 0.329 e. The summed E-state index contributed by atoms with van der Waals surface area (Å²) in [6, 6.07) is 8.04. The van der Waals surface area contributed by atoms with Crippen LogP contribution in [0.5, 0.6) is 0 Å². The lowest BCUT2D eigenvalue weighted by atomic mass is 10.2. The van der Waals surface area contributed by atoms with Gasteiger partial charge < -0.3 is 4.90 Å². The molecule has 0 atom stereocenters. The number of nitrogens with one attached hydrogen (secondary N) is 1. The summed E-state index contributed by atoms with van der Waals surface area (Å²) >= 11 is 3.47. The van der Waals surface area contributed by atoms with Crippen LogP contribution in [0.15, 0.2) is 38.3 Å². The van der Waals surface area contributed by atoms with Gasteiger partial charge in [-0.3, -0.25) is 23.8 Å². The Hall–Kier alpha value is -2.39. The zero-order valence-electron chi connectivity index (χ0n) is 18.1. The van der Waals surface area contributed by atoms with Gasteiger partial charge in [-0.2, -0.15) is 4.98 Å². The number of benzene rings is 1. The van der Waals surface area contributed by atoms with Gasteiger partial charge in [0.15, 0.2) is 11.2 Å².